The Balaban J connectivity index is 1.28. The minimum atomic E-state index is -0.336. The van der Waals surface area contributed by atoms with Crippen LogP contribution in [0.15, 0.2) is 48.5 Å². The van der Waals surface area contributed by atoms with Crippen molar-refractivity contribution in [1.29, 1.82) is 0 Å². The van der Waals surface area contributed by atoms with Gasteiger partial charge in [0.1, 0.15) is 18.2 Å². The molecule has 2 amide bonds. The van der Waals surface area contributed by atoms with E-state index in [0.29, 0.717) is 38.5 Å². The number of nitrogens with zero attached hydrogens (tertiary/aromatic N) is 2. The number of nitrogens with one attached hydrogen (secondary N) is 2. The molecule has 166 valence electrons. The van der Waals surface area contributed by atoms with Crippen LogP contribution in [0.4, 0.5) is 10.1 Å². The standard InChI is InChI=1S/C23H29FN4O3/c1-18-3-2-4-21(15-18)31-14-9-25-22(29)16-27-10-12-28(13-11-27)17-23(30)26-20-7-5-19(24)6-8-20/h2-8,15H,9-14,16-17H2,1H3,(H,25,29)(H,26,30). The molecule has 0 unspecified atom stereocenters. The molecule has 0 radical (unpaired) electrons. The number of carbonyl (C=O) groups excluding carboxylic acids is 2. The Bertz CT molecular complexity index is 867. The highest BCUT2D eigenvalue weighted by Crippen LogP contribution is 2.12. The molecule has 0 spiro atoms. The molecule has 0 saturated carbocycles. The predicted molar refractivity (Wildman–Crippen MR) is 118 cm³/mol. The minimum absolute atomic E-state index is 0.0321. The molecule has 1 saturated heterocycles. The zero-order valence-corrected chi connectivity index (χ0v) is 17.8. The molecule has 0 aliphatic carbocycles. The van der Waals surface area contributed by atoms with E-state index in [1.54, 1.807) is 0 Å². The number of amides is 2. The van der Waals surface area contributed by atoms with E-state index in [0.717, 1.165) is 24.4 Å². The largest absolute Gasteiger partial charge is 0.492 e. The molecule has 2 N–H and O–H groups in total. The molecule has 1 heterocycles. The third-order valence-electron chi connectivity index (χ3n) is 5.01. The molecule has 8 heteroatoms. The first-order chi connectivity index (χ1) is 15.0. The SMILES string of the molecule is Cc1cccc(OCCNC(=O)CN2CCN(CC(=O)Nc3ccc(F)cc3)CC2)c1. The van der Waals surface area contributed by atoms with E-state index in [9.17, 15) is 14.0 Å². The van der Waals surface area contributed by atoms with Gasteiger partial charge in [0.2, 0.25) is 11.8 Å². The van der Waals surface area contributed by atoms with Gasteiger partial charge in [0, 0.05) is 31.9 Å². The number of hydrogen-bond acceptors (Lipinski definition) is 5. The fourth-order valence-electron chi connectivity index (χ4n) is 3.37. The van der Waals surface area contributed by atoms with Crippen molar-refractivity contribution in [3.63, 3.8) is 0 Å². The highest BCUT2D eigenvalue weighted by atomic mass is 19.1. The van der Waals surface area contributed by atoms with Crippen LogP contribution in [-0.2, 0) is 9.59 Å². The van der Waals surface area contributed by atoms with Gasteiger partial charge in [-0.2, -0.15) is 0 Å². The third-order valence-corrected chi connectivity index (χ3v) is 5.01. The second-order valence-corrected chi connectivity index (χ2v) is 7.62. The van der Waals surface area contributed by atoms with Crippen LogP contribution in [0.5, 0.6) is 5.75 Å². The van der Waals surface area contributed by atoms with E-state index in [-0.39, 0.29) is 24.2 Å². The smallest absolute Gasteiger partial charge is 0.238 e. The summed E-state index contributed by atoms with van der Waals surface area (Å²) >= 11 is 0. The fraction of sp³-hybridized carbons (Fsp3) is 0.391. The summed E-state index contributed by atoms with van der Waals surface area (Å²) in [6.07, 6.45) is 0. The van der Waals surface area contributed by atoms with Crippen molar-refractivity contribution in [2.24, 2.45) is 0 Å². The van der Waals surface area contributed by atoms with Crippen LogP contribution in [0.2, 0.25) is 0 Å². The lowest BCUT2D eigenvalue weighted by atomic mass is 10.2. The summed E-state index contributed by atoms with van der Waals surface area (Å²) in [7, 11) is 0. The van der Waals surface area contributed by atoms with Crippen LogP contribution in [0, 0.1) is 12.7 Å². The van der Waals surface area contributed by atoms with Gasteiger partial charge < -0.3 is 15.4 Å². The van der Waals surface area contributed by atoms with Gasteiger partial charge in [0.25, 0.3) is 0 Å². The Kier molecular flexibility index (Phi) is 8.37. The summed E-state index contributed by atoms with van der Waals surface area (Å²) < 4.78 is 18.6. The number of aryl methyl sites for hydroxylation is 1. The number of halogens is 1. The molecule has 3 rings (SSSR count). The van der Waals surface area contributed by atoms with Gasteiger partial charge in [-0.3, -0.25) is 19.4 Å². The Morgan fingerprint density at radius 1 is 0.968 bits per heavy atom. The fourth-order valence-corrected chi connectivity index (χ4v) is 3.37. The van der Waals surface area contributed by atoms with Crippen LogP contribution in [0.1, 0.15) is 5.56 Å². The third kappa shape index (κ3) is 7.99. The zero-order chi connectivity index (χ0) is 22.1. The quantitative estimate of drug-likeness (QED) is 0.597. The van der Waals surface area contributed by atoms with Crippen molar-refractivity contribution < 1.29 is 18.7 Å². The van der Waals surface area contributed by atoms with Crippen LogP contribution in [0.25, 0.3) is 0 Å². The minimum Gasteiger partial charge on any atom is -0.492 e. The summed E-state index contributed by atoms with van der Waals surface area (Å²) in [5.74, 6) is 0.299. The van der Waals surface area contributed by atoms with E-state index in [2.05, 4.69) is 15.5 Å². The van der Waals surface area contributed by atoms with Gasteiger partial charge in [0.05, 0.1) is 19.6 Å². The maximum absolute atomic E-state index is 12.9. The summed E-state index contributed by atoms with van der Waals surface area (Å²) in [5.41, 5.74) is 1.71. The predicted octanol–water partition coefficient (Wildman–Crippen LogP) is 1.89. The number of carbonyl (C=O) groups is 2. The Morgan fingerprint density at radius 2 is 1.61 bits per heavy atom. The van der Waals surface area contributed by atoms with E-state index in [1.807, 2.05) is 36.1 Å². The maximum atomic E-state index is 12.9. The van der Waals surface area contributed by atoms with Crippen molar-refractivity contribution in [2.45, 2.75) is 6.92 Å². The normalized spacial score (nSPS) is 14.8. The molecule has 2 aromatic carbocycles. The summed E-state index contributed by atoms with van der Waals surface area (Å²) in [6, 6.07) is 13.5. The number of ether oxygens (including phenoxy) is 1. The van der Waals surface area contributed by atoms with Crippen molar-refractivity contribution in [1.82, 2.24) is 15.1 Å². The topological polar surface area (TPSA) is 73.9 Å². The molecular weight excluding hydrogens is 399 g/mol. The zero-order valence-electron chi connectivity index (χ0n) is 17.8. The monoisotopic (exact) mass is 428 g/mol. The first-order valence-corrected chi connectivity index (χ1v) is 10.4. The van der Waals surface area contributed by atoms with Crippen LogP contribution < -0.4 is 15.4 Å². The molecule has 0 bridgehead atoms. The van der Waals surface area contributed by atoms with E-state index >= 15 is 0 Å². The first-order valence-electron chi connectivity index (χ1n) is 10.4. The maximum Gasteiger partial charge on any atom is 0.238 e. The number of rotatable bonds is 9. The summed E-state index contributed by atoms with van der Waals surface area (Å²) in [6.45, 7) is 6.35. The molecular formula is C23H29FN4O3. The van der Waals surface area contributed by atoms with Crippen LogP contribution in [-0.4, -0.2) is 74.0 Å². The average Bonchev–Trinajstić information content (AvgIpc) is 2.74. The lowest BCUT2D eigenvalue weighted by molar-refractivity contribution is -0.123. The van der Waals surface area contributed by atoms with Gasteiger partial charge in [-0.25, -0.2) is 4.39 Å². The van der Waals surface area contributed by atoms with Gasteiger partial charge in [0.15, 0.2) is 0 Å². The molecule has 1 aliphatic heterocycles. The van der Waals surface area contributed by atoms with Gasteiger partial charge in [-0.15, -0.1) is 0 Å². The molecule has 1 fully saturated rings. The highest BCUT2D eigenvalue weighted by molar-refractivity contribution is 5.92. The number of anilines is 1. The van der Waals surface area contributed by atoms with Crippen molar-refractivity contribution in [3.8, 4) is 5.75 Å². The van der Waals surface area contributed by atoms with E-state index in [1.165, 1.54) is 24.3 Å². The van der Waals surface area contributed by atoms with Crippen molar-refractivity contribution in [2.75, 3.05) is 57.7 Å². The van der Waals surface area contributed by atoms with Gasteiger partial charge in [-0.1, -0.05) is 12.1 Å². The number of hydrogen-bond donors (Lipinski definition) is 2. The number of benzene rings is 2. The van der Waals surface area contributed by atoms with Crippen molar-refractivity contribution in [3.05, 3.63) is 59.9 Å². The van der Waals surface area contributed by atoms with Gasteiger partial charge in [-0.05, 0) is 48.9 Å². The molecule has 31 heavy (non-hydrogen) atoms. The second-order valence-electron chi connectivity index (χ2n) is 7.62. The van der Waals surface area contributed by atoms with Crippen LogP contribution >= 0.6 is 0 Å². The van der Waals surface area contributed by atoms with E-state index < -0.39 is 0 Å². The Hall–Kier alpha value is -2.97. The number of piperazine rings is 1. The van der Waals surface area contributed by atoms with Crippen molar-refractivity contribution >= 4 is 17.5 Å². The Labute approximate surface area is 182 Å². The Morgan fingerprint density at radius 3 is 2.26 bits per heavy atom. The molecule has 7 nitrogen and oxygen atoms in total. The summed E-state index contributed by atoms with van der Waals surface area (Å²) in [5, 5.41) is 5.65. The van der Waals surface area contributed by atoms with E-state index in [4.69, 9.17) is 4.74 Å². The molecule has 2 aromatic rings. The lowest BCUT2D eigenvalue weighted by Gasteiger charge is -2.33. The molecule has 0 atom stereocenters. The van der Waals surface area contributed by atoms with Gasteiger partial charge >= 0.3 is 0 Å². The highest BCUT2D eigenvalue weighted by Gasteiger charge is 2.20. The first kappa shape index (κ1) is 22.7. The average molecular weight is 429 g/mol. The van der Waals surface area contributed by atoms with Crippen LogP contribution in [0.3, 0.4) is 0 Å². The summed E-state index contributed by atoms with van der Waals surface area (Å²) in [4.78, 5) is 28.4. The molecule has 0 aromatic heterocycles. The lowest BCUT2D eigenvalue weighted by Crippen LogP contribution is -2.51. The molecule has 1 aliphatic rings. The second kappa shape index (κ2) is 11.4.